The van der Waals surface area contributed by atoms with Crippen molar-refractivity contribution in [1.82, 2.24) is 0 Å². The molecule has 1 rings (SSSR count). The van der Waals surface area contributed by atoms with Crippen molar-refractivity contribution in [2.24, 2.45) is 5.73 Å². The van der Waals surface area contributed by atoms with Crippen molar-refractivity contribution in [3.05, 3.63) is 32.8 Å². The lowest BCUT2D eigenvalue weighted by atomic mass is 10.1. The highest BCUT2D eigenvalue weighted by molar-refractivity contribution is 9.10. The Morgan fingerprint density at radius 1 is 1.71 bits per heavy atom. The lowest BCUT2D eigenvalue weighted by Crippen LogP contribution is -2.40. The molecule has 0 aliphatic rings. The zero-order chi connectivity index (χ0) is 13.1. The number of nitro benzene ring substituents is 1. The molecule has 0 saturated heterocycles. The fourth-order valence-corrected chi connectivity index (χ4v) is 1.34. The maximum absolute atomic E-state index is 10.6. The van der Waals surface area contributed by atoms with Gasteiger partial charge in [-0.25, -0.2) is 0 Å². The van der Waals surface area contributed by atoms with Crippen LogP contribution in [0.15, 0.2) is 22.7 Å². The van der Waals surface area contributed by atoms with E-state index >= 15 is 0 Å². The highest BCUT2D eigenvalue weighted by Crippen LogP contribution is 2.29. The van der Waals surface area contributed by atoms with Crippen LogP contribution in [-0.4, -0.2) is 17.1 Å². The summed E-state index contributed by atoms with van der Waals surface area (Å²) in [5.41, 5.74) is 4.36. The van der Waals surface area contributed by atoms with Crippen LogP contribution in [-0.2, 0) is 0 Å². The summed E-state index contributed by atoms with van der Waals surface area (Å²) >= 11 is 3.20. The third kappa shape index (κ3) is 3.69. The van der Waals surface area contributed by atoms with E-state index in [1.807, 2.05) is 6.07 Å². The van der Waals surface area contributed by atoms with Crippen molar-refractivity contribution in [1.29, 1.82) is 5.26 Å². The van der Waals surface area contributed by atoms with E-state index < -0.39 is 10.5 Å². The van der Waals surface area contributed by atoms with E-state index in [9.17, 15) is 10.1 Å². The molecule has 1 atom stereocenters. The topological polar surface area (TPSA) is 102 Å². The van der Waals surface area contributed by atoms with Crippen LogP contribution >= 0.6 is 15.9 Å². The third-order valence-corrected chi connectivity index (χ3v) is 2.56. The molecule has 1 unspecified atom stereocenters. The standard InChI is InChI=1S/C10H10BrN3O3/c1-10(13,5-12)6-17-9-4-7(14(15)16)2-3-8(9)11/h2-4H,6,13H2,1H3. The van der Waals surface area contributed by atoms with E-state index in [0.29, 0.717) is 4.47 Å². The van der Waals surface area contributed by atoms with Gasteiger partial charge in [0.2, 0.25) is 0 Å². The summed E-state index contributed by atoms with van der Waals surface area (Å²) in [6.45, 7) is 1.46. The second-order valence-electron chi connectivity index (χ2n) is 3.69. The third-order valence-electron chi connectivity index (χ3n) is 1.91. The molecule has 0 fully saturated rings. The number of halogens is 1. The molecule has 0 saturated carbocycles. The summed E-state index contributed by atoms with van der Waals surface area (Å²) in [7, 11) is 0. The summed E-state index contributed by atoms with van der Waals surface area (Å²) in [4.78, 5) is 10.1. The van der Waals surface area contributed by atoms with Gasteiger partial charge >= 0.3 is 0 Å². The van der Waals surface area contributed by atoms with Crippen LogP contribution in [0.5, 0.6) is 5.75 Å². The van der Waals surface area contributed by atoms with Gasteiger partial charge < -0.3 is 10.5 Å². The molecule has 17 heavy (non-hydrogen) atoms. The fourth-order valence-electron chi connectivity index (χ4n) is 0.976. The molecule has 0 amide bonds. The molecule has 1 aromatic carbocycles. The molecule has 0 aromatic heterocycles. The predicted octanol–water partition coefficient (Wildman–Crippen LogP) is 1.98. The molecule has 7 heteroatoms. The first-order chi connectivity index (χ1) is 7.85. The quantitative estimate of drug-likeness (QED) is 0.676. The van der Waals surface area contributed by atoms with Gasteiger partial charge in [0.05, 0.1) is 21.5 Å². The van der Waals surface area contributed by atoms with Crippen LogP contribution in [0.25, 0.3) is 0 Å². The zero-order valence-corrected chi connectivity index (χ0v) is 10.6. The van der Waals surface area contributed by atoms with Crippen molar-refractivity contribution in [3.8, 4) is 11.8 Å². The fraction of sp³-hybridized carbons (Fsp3) is 0.300. The predicted molar refractivity (Wildman–Crippen MR) is 64.5 cm³/mol. The summed E-state index contributed by atoms with van der Waals surface area (Å²) in [5, 5.41) is 19.3. The molecule has 90 valence electrons. The molecule has 0 radical (unpaired) electrons. The van der Waals surface area contributed by atoms with Crippen LogP contribution in [0.2, 0.25) is 0 Å². The van der Waals surface area contributed by atoms with Crippen molar-refractivity contribution in [3.63, 3.8) is 0 Å². The van der Waals surface area contributed by atoms with E-state index in [1.54, 1.807) is 0 Å². The van der Waals surface area contributed by atoms with Crippen LogP contribution < -0.4 is 10.5 Å². The summed E-state index contributed by atoms with van der Waals surface area (Å²) < 4.78 is 5.85. The van der Waals surface area contributed by atoms with Crippen LogP contribution in [0.1, 0.15) is 6.92 Å². The smallest absolute Gasteiger partial charge is 0.273 e. The van der Waals surface area contributed by atoms with Gasteiger partial charge in [-0.05, 0) is 28.9 Å². The average molecular weight is 300 g/mol. The van der Waals surface area contributed by atoms with E-state index in [0.717, 1.165) is 0 Å². The molecule has 1 aromatic rings. The van der Waals surface area contributed by atoms with Gasteiger partial charge in [0.25, 0.3) is 5.69 Å². The molecular formula is C10H10BrN3O3. The van der Waals surface area contributed by atoms with Crippen molar-refractivity contribution >= 4 is 21.6 Å². The molecule has 0 heterocycles. The normalized spacial score (nSPS) is 13.5. The van der Waals surface area contributed by atoms with Crippen LogP contribution in [0, 0.1) is 21.4 Å². The molecule has 6 nitrogen and oxygen atoms in total. The Morgan fingerprint density at radius 3 is 2.88 bits per heavy atom. The molecular weight excluding hydrogens is 290 g/mol. The number of non-ortho nitro benzene ring substituents is 1. The highest BCUT2D eigenvalue weighted by Gasteiger charge is 2.19. The number of benzene rings is 1. The number of nitro groups is 1. The lowest BCUT2D eigenvalue weighted by Gasteiger charge is -2.16. The Bertz CT molecular complexity index is 482. The Labute approximate surface area is 106 Å². The molecule has 0 aliphatic heterocycles. The largest absolute Gasteiger partial charge is 0.489 e. The molecule has 2 N–H and O–H groups in total. The number of nitrogens with two attached hydrogens (primary N) is 1. The average Bonchev–Trinajstić information content (AvgIpc) is 2.27. The molecule has 0 aliphatic carbocycles. The Hall–Kier alpha value is -1.65. The van der Waals surface area contributed by atoms with Gasteiger partial charge in [-0.3, -0.25) is 10.1 Å². The lowest BCUT2D eigenvalue weighted by molar-refractivity contribution is -0.385. The first-order valence-corrected chi connectivity index (χ1v) is 5.42. The van der Waals surface area contributed by atoms with Gasteiger partial charge in [-0.2, -0.15) is 5.26 Å². The SMILES string of the molecule is CC(N)(C#N)COc1cc([N+](=O)[O-])ccc1Br. The number of nitrogens with zero attached hydrogens (tertiary/aromatic N) is 2. The first-order valence-electron chi connectivity index (χ1n) is 4.62. The summed E-state index contributed by atoms with van der Waals surface area (Å²) in [6.07, 6.45) is 0. The first kappa shape index (κ1) is 13.4. The zero-order valence-electron chi connectivity index (χ0n) is 9.01. The van der Waals surface area contributed by atoms with E-state index in [1.165, 1.54) is 25.1 Å². The maximum atomic E-state index is 10.6. The second-order valence-corrected chi connectivity index (χ2v) is 4.54. The van der Waals surface area contributed by atoms with E-state index in [-0.39, 0.29) is 18.0 Å². The Kier molecular flexibility index (Phi) is 4.04. The number of ether oxygens (including phenoxy) is 1. The van der Waals surface area contributed by atoms with Gasteiger partial charge in [0.15, 0.2) is 0 Å². The van der Waals surface area contributed by atoms with Crippen molar-refractivity contribution in [2.75, 3.05) is 6.61 Å². The monoisotopic (exact) mass is 299 g/mol. The summed E-state index contributed by atoms with van der Waals surface area (Å²) in [5.74, 6) is 0.283. The molecule has 0 spiro atoms. The van der Waals surface area contributed by atoms with Crippen molar-refractivity contribution in [2.45, 2.75) is 12.5 Å². The van der Waals surface area contributed by atoms with Gasteiger partial charge in [-0.1, -0.05) is 0 Å². The van der Waals surface area contributed by atoms with E-state index in [4.69, 9.17) is 15.7 Å². The van der Waals surface area contributed by atoms with Gasteiger partial charge in [0.1, 0.15) is 17.9 Å². The van der Waals surface area contributed by atoms with Gasteiger partial charge in [-0.15, -0.1) is 0 Å². The second kappa shape index (κ2) is 5.12. The Morgan fingerprint density at radius 2 is 2.35 bits per heavy atom. The highest BCUT2D eigenvalue weighted by atomic mass is 79.9. The minimum absolute atomic E-state index is 0.0523. The minimum atomic E-state index is -1.13. The molecule has 0 bridgehead atoms. The Balaban J connectivity index is 2.88. The number of rotatable bonds is 4. The summed E-state index contributed by atoms with van der Waals surface area (Å²) in [6, 6.07) is 6.01. The van der Waals surface area contributed by atoms with Crippen molar-refractivity contribution < 1.29 is 9.66 Å². The number of hydrogen-bond donors (Lipinski definition) is 1. The minimum Gasteiger partial charge on any atom is -0.489 e. The van der Waals surface area contributed by atoms with Crippen LogP contribution in [0.4, 0.5) is 5.69 Å². The number of hydrogen-bond acceptors (Lipinski definition) is 5. The van der Waals surface area contributed by atoms with Crippen LogP contribution in [0.3, 0.4) is 0 Å². The maximum Gasteiger partial charge on any atom is 0.273 e. The number of nitriles is 1. The van der Waals surface area contributed by atoms with Gasteiger partial charge in [0, 0.05) is 6.07 Å². The van der Waals surface area contributed by atoms with E-state index in [2.05, 4.69) is 15.9 Å².